The third kappa shape index (κ3) is 3.56. The van der Waals surface area contributed by atoms with Crippen molar-refractivity contribution in [3.8, 4) is 0 Å². The Morgan fingerprint density at radius 1 is 0.778 bits per heavy atom. The summed E-state index contributed by atoms with van der Waals surface area (Å²) in [4.78, 5) is 25.9. The van der Waals surface area contributed by atoms with E-state index in [1.807, 2.05) is 4.90 Å². The lowest BCUT2D eigenvalue weighted by molar-refractivity contribution is -0.147. The van der Waals surface area contributed by atoms with Crippen molar-refractivity contribution in [3.63, 3.8) is 0 Å². The standard InChI is InChI=1S/C15H25NO2/c17-14-11-7-4-8-12-16(15(14)18)13-9-5-2-1-3-6-10-13/h13H,1-12H2. The number of hydrogen-bond donors (Lipinski definition) is 0. The van der Waals surface area contributed by atoms with Crippen LogP contribution in [0.5, 0.6) is 0 Å². The fourth-order valence-electron chi connectivity index (χ4n) is 3.21. The third-order valence-electron chi connectivity index (χ3n) is 4.32. The van der Waals surface area contributed by atoms with Crippen molar-refractivity contribution in [2.75, 3.05) is 6.54 Å². The number of likely N-dealkylation sites (tertiary alicyclic amines) is 1. The molecule has 0 bridgehead atoms. The minimum absolute atomic E-state index is 0.156. The van der Waals surface area contributed by atoms with Gasteiger partial charge >= 0.3 is 0 Å². The van der Waals surface area contributed by atoms with Crippen molar-refractivity contribution in [3.05, 3.63) is 0 Å². The molecule has 18 heavy (non-hydrogen) atoms. The number of hydrogen-bond acceptors (Lipinski definition) is 2. The van der Waals surface area contributed by atoms with Crippen LogP contribution < -0.4 is 0 Å². The van der Waals surface area contributed by atoms with Gasteiger partial charge in [0.05, 0.1) is 0 Å². The van der Waals surface area contributed by atoms with Crippen LogP contribution in [0, 0.1) is 0 Å². The van der Waals surface area contributed by atoms with Gasteiger partial charge < -0.3 is 4.90 Å². The predicted octanol–water partition coefficient (Wildman–Crippen LogP) is 3.07. The van der Waals surface area contributed by atoms with Crippen LogP contribution in [0.25, 0.3) is 0 Å². The molecule has 0 aromatic carbocycles. The van der Waals surface area contributed by atoms with Crippen LogP contribution in [0.3, 0.4) is 0 Å². The molecule has 1 aliphatic carbocycles. The molecule has 1 aliphatic heterocycles. The van der Waals surface area contributed by atoms with Crippen LogP contribution in [0.15, 0.2) is 0 Å². The number of Topliss-reactive ketones (excluding diaryl/α,β-unsaturated/α-hetero) is 1. The lowest BCUT2D eigenvalue weighted by Gasteiger charge is -2.33. The Bertz CT molecular complexity index is 293. The number of amides is 1. The lowest BCUT2D eigenvalue weighted by atomic mass is 9.94. The highest BCUT2D eigenvalue weighted by molar-refractivity contribution is 6.36. The van der Waals surface area contributed by atoms with Gasteiger partial charge in [0, 0.05) is 19.0 Å². The molecule has 1 amide bonds. The van der Waals surface area contributed by atoms with E-state index >= 15 is 0 Å². The van der Waals surface area contributed by atoms with Crippen molar-refractivity contribution >= 4 is 11.7 Å². The summed E-state index contributed by atoms with van der Waals surface area (Å²) in [6.45, 7) is 0.801. The van der Waals surface area contributed by atoms with E-state index < -0.39 is 0 Å². The molecule has 0 aromatic heterocycles. The first-order valence-corrected chi connectivity index (χ1v) is 7.63. The third-order valence-corrected chi connectivity index (χ3v) is 4.32. The second-order valence-corrected chi connectivity index (χ2v) is 5.73. The van der Waals surface area contributed by atoms with Crippen molar-refractivity contribution < 1.29 is 9.59 Å². The molecule has 102 valence electrons. The van der Waals surface area contributed by atoms with Crippen molar-refractivity contribution in [2.24, 2.45) is 0 Å². The van der Waals surface area contributed by atoms with E-state index in [0.717, 1.165) is 38.6 Å². The van der Waals surface area contributed by atoms with Crippen molar-refractivity contribution in [1.82, 2.24) is 4.90 Å². The molecule has 3 heteroatoms. The summed E-state index contributed by atoms with van der Waals surface area (Å²) in [5.74, 6) is -0.350. The topological polar surface area (TPSA) is 37.4 Å². The van der Waals surface area contributed by atoms with E-state index in [1.165, 1.54) is 32.1 Å². The number of carbonyl (C=O) groups excluding carboxylic acids is 2. The summed E-state index contributed by atoms with van der Waals surface area (Å²) >= 11 is 0. The van der Waals surface area contributed by atoms with Crippen LogP contribution in [0.1, 0.15) is 70.6 Å². The van der Waals surface area contributed by atoms with Crippen molar-refractivity contribution in [1.29, 1.82) is 0 Å². The molecule has 0 radical (unpaired) electrons. The van der Waals surface area contributed by atoms with E-state index in [1.54, 1.807) is 0 Å². The summed E-state index contributed by atoms with van der Waals surface area (Å²) in [5.41, 5.74) is 0. The zero-order chi connectivity index (χ0) is 12.8. The summed E-state index contributed by atoms with van der Waals surface area (Å²) < 4.78 is 0. The highest BCUT2D eigenvalue weighted by Gasteiger charge is 2.29. The average Bonchev–Trinajstić information content (AvgIpc) is 2.32. The zero-order valence-electron chi connectivity index (χ0n) is 11.3. The highest BCUT2D eigenvalue weighted by atomic mass is 16.2. The predicted molar refractivity (Wildman–Crippen MR) is 71.3 cm³/mol. The van der Waals surface area contributed by atoms with Gasteiger partial charge in [-0.15, -0.1) is 0 Å². The van der Waals surface area contributed by atoms with Crippen LogP contribution in [-0.2, 0) is 9.59 Å². The fourth-order valence-corrected chi connectivity index (χ4v) is 3.21. The molecule has 0 unspecified atom stereocenters. The molecule has 1 saturated heterocycles. The molecule has 0 aromatic rings. The number of nitrogens with zero attached hydrogens (tertiary/aromatic N) is 1. The highest BCUT2D eigenvalue weighted by Crippen LogP contribution is 2.23. The van der Waals surface area contributed by atoms with Gasteiger partial charge in [-0.05, 0) is 25.7 Å². The first-order valence-electron chi connectivity index (χ1n) is 7.63. The summed E-state index contributed by atoms with van der Waals surface area (Å²) in [6, 6.07) is 0.333. The van der Waals surface area contributed by atoms with Crippen LogP contribution in [-0.4, -0.2) is 29.2 Å². The van der Waals surface area contributed by atoms with E-state index in [-0.39, 0.29) is 11.7 Å². The van der Waals surface area contributed by atoms with Gasteiger partial charge in [0.1, 0.15) is 0 Å². The fraction of sp³-hybridized carbons (Fsp3) is 0.867. The second-order valence-electron chi connectivity index (χ2n) is 5.73. The van der Waals surface area contributed by atoms with Crippen LogP contribution >= 0.6 is 0 Å². The lowest BCUT2D eigenvalue weighted by Crippen LogP contribution is -2.45. The van der Waals surface area contributed by atoms with Gasteiger partial charge in [-0.2, -0.15) is 0 Å². The van der Waals surface area contributed by atoms with Gasteiger partial charge in [-0.1, -0.05) is 38.5 Å². The van der Waals surface area contributed by atoms with Gasteiger partial charge in [0.2, 0.25) is 5.78 Å². The minimum Gasteiger partial charge on any atom is -0.333 e. The second kappa shape index (κ2) is 6.91. The summed E-state index contributed by atoms with van der Waals surface area (Å²) in [6.07, 6.45) is 12.0. The zero-order valence-corrected chi connectivity index (χ0v) is 11.3. The van der Waals surface area contributed by atoms with E-state index in [2.05, 4.69) is 0 Å². The minimum atomic E-state index is -0.194. The molecule has 0 N–H and O–H groups in total. The van der Waals surface area contributed by atoms with Gasteiger partial charge in [0.15, 0.2) is 0 Å². The monoisotopic (exact) mass is 251 g/mol. The first-order chi connectivity index (χ1) is 8.79. The van der Waals surface area contributed by atoms with Gasteiger partial charge in [-0.3, -0.25) is 9.59 Å². The number of carbonyl (C=O) groups is 2. The molecule has 3 nitrogen and oxygen atoms in total. The Labute approximate surface area is 110 Å². The Morgan fingerprint density at radius 3 is 2.11 bits per heavy atom. The van der Waals surface area contributed by atoms with Gasteiger partial charge in [-0.25, -0.2) is 0 Å². The smallest absolute Gasteiger partial charge is 0.290 e. The molecule has 0 spiro atoms. The molecule has 2 fully saturated rings. The Balaban J connectivity index is 2.01. The molecular formula is C15H25NO2. The van der Waals surface area contributed by atoms with E-state index in [4.69, 9.17) is 0 Å². The Hall–Kier alpha value is -0.860. The van der Waals surface area contributed by atoms with Gasteiger partial charge in [0.25, 0.3) is 5.91 Å². The SMILES string of the molecule is O=C1CCCCCN(C2CCCCCCC2)C1=O. The molecule has 2 aliphatic rings. The molecule has 0 atom stereocenters. The van der Waals surface area contributed by atoms with E-state index in [9.17, 15) is 9.59 Å². The first kappa shape index (κ1) is 13.6. The van der Waals surface area contributed by atoms with Crippen LogP contribution in [0.2, 0.25) is 0 Å². The molecule has 1 heterocycles. The van der Waals surface area contributed by atoms with Crippen molar-refractivity contribution in [2.45, 2.75) is 76.7 Å². The summed E-state index contributed by atoms with van der Waals surface area (Å²) in [7, 11) is 0. The maximum atomic E-state index is 12.2. The summed E-state index contributed by atoms with van der Waals surface area (Å²) in [5, 5.41) is 0. The normalized spacial score (nSPS) is 25.2. The maximum Gasteiger partial charge on any atom is 0.290 e. The Morgan fingerprint density at radius 2 is 1.39 bits per heavy atom. The molecular weight excluding hydrogens is 226 g/mol. The van der Waals surface area contributed by atoms with Crippen LogP contribution in [0.4, 0.5) is 0 Å². The average molecular weight is 251 g/mol. The molecule has 2 rings (SSSR count). The quantitative estimate of drug-likeness (QED) is 0.672. The number of rotatable bonds is 1. The largest absolute Gasteiger partial charge is 0.333 e. The maximum absolute atomic E-state index is 12.2. The van der Waals surface area contributed by atoms with E-state index in [0.29, 0.717) is 12.5 Å². The Kier molecular flexibility index (Phi) is 5.21. The molecule has 1 saturated carbocycles. The number of ketones is 1.